The third kappa shape index (κ3) is 4.55. The first kappa shape index (κ1) is 17.8. The molecule has 2 aliphatic rings. The monoisotopic (exact) mass is 397 g/mol. The van der Waals surface area contributed by atoms with E-state index in [-0.39, 0.29) is 11.7 Å². The van der Waals surface area contributed by atoms with Gasteiger partial charge in [0.05, 0.1) is 6.54 Å². The van der Waals surface area contributed by atoms with E-state index in [0.29, 0.717) is 19.0 Å². The summed E-state index contributed by atoms with van der Waals surface area (Å²) in [5, 5.41) is 0. The van der Waals surface area contributed by atoms with Crippen molar-refractivity contribution in [3.05, 3.63) is 34.1 Å². The lowest BCUT2D eigenvalue weighted by Crippen LogP contribution is -2.49. The molecule has 1 aromatic carbocycles. The fourth-order valence-electron chi connectivity index (χ4n) is 3.45. The van der Waals surface area contributed by atoms with Crippen LogP contribution in [-0.4, -0.2) is 66.4 Å². The molecule has 0 spiro atoms. The quantitative estimate of drug-likeness (QED) is 0.780. The number of nitrogens with zero attached hydrogens (tertiary/aromatic N) is 3. The number of amides is 1. The van der Waals surface area contributed by atoms with Crippen LogP contribution >= 0.6 is 15.9 Å². The van der Waals surface area contributed by atoms with E-state index in [0.717, 1.165) is 55.7 Å². The van der Waals surface area contributed by atoms with Gasteiger partial charge in [0.15, 0.2) is 0 Å². The second-order valence-corrected chi connectivity index (χ2v) is 7.94. The van der Waals surface area contributed by atoms with E-state index in [9.17, 15) is 9.18 Å². The van der Waals surface area contributed by atoms with E-state index in [1.54, 1.807) is 0 Å². The Labute approximate surface area is 151 Å². The van der Waals surface area contributed by atoms with Gasteiger partial charge in [-0.25, -0.2) is 4.39 Å². The van der Waals surface area contributed by atoms with Gasteiger partial charge in [0.25, 0.3) is 0 Å². The van der Waals surface area contributed by atoms with E-state index in [4.69, 9.17) is 0 Å². The molecular weight excluding hydrogens is 373 g/mol. The van der Waals surface area contributed by atoms with Crippen LogP contribution in [0.25, 0.3) is 0 Å². The zero-order valence-electron chi connectivity index (χ0n) is 14.2. The van der Waals surface area contributed by atoms with Crippen LogP contribution in [0.5, 0.6) is 0 Å². The van der Waals surface area contributed by atoms with Gasteiger partial charge in [-0.3, -0.25) is 14.6 Å². The van der Waals surface area contributed by atoms with Gasteiger partial charge in [-0.2, -0.15) is 0 Å². The van der Waals surface area contributed by atoms with E-state index in [1.807, 2.05) is 17.0 Å². The third-order valence-corrected chi connectivity index (χ3v) is 5.50. The molecule has 0 aromatic heterocycles. The highest BCUT2D eigenvalue weighted by molar-refractivity contribution is 9.10. The maximum Gasteiger partial charge on any atom is 0.236 e. The van der Waals surface area contributed by atoms with Gasteiger partial charge in [-0.1, -0.05) is 28.9 Å². The number of rotatable bonds is 4. The zero-order valence-corrected chi connectivity index (χ0v) is 15.8. The first-order valence-corrected chi connectivity index (χ1v) is 9.47. The molecular formula is C18H25BrFN3O. The standard InChI is InChI=1S/C18H25BrFN3O/c1-14-4-5-23(11-14)18(24)13-22-8-6-21(7-9-22)12-15-2-3-16(19)10-17(15)20/h2-3,10,14H,4-9,11-13H2,1H3. The number of carbonyl (C=O) groups excluding carboxylic acids is 1. The summed E-state index contributed by atoms with van der Waals surface area (Å²) in [6, 6.07) is 5.23. The van der Waals surface area contributed by atoms with Crippen LogP contribution in [0.2, 0.25) is 0 Å². The molecule has 2 aliphatic heterocycles. The molecule has 3 rings (SSSR count). The SMILES string of the molecule is CC1CCN(C(=O)CN2CCN(Cc3ccc(Br)cc3F)CC2)C1. The van der Waals surface area contributed by atoms with Gasteiger partial charge in [0.2, 0.25) is 5.91 Å². The highest BCUT2D eigenvalue weighted by Gasteiger charge is 2.26. The smallest absolute Gasteiger partial charge is 0.236 e. The Bertz CT molecular complexity index is 590. The Morgan fingerprint density at radius 1 is 1.21 bits per heavy atom. The number of halogens is 2. The van der Waals surface area contributed by atoms with Crippen LogP contribution in [0, 0.1) is 11.7 Å². The molecule has 0 aliphatic carbocycles. The van der Waals surface area contributed by atoms with Crippen LogP contribution < -0.4 is 0 Å². The zero-order chi connectivity index (χ0) is 17.1. The summed E-state index contributed by atoms with van der Waals surface area (Å²) in [6.45, 7) is 8.65. The number of benzene rings is 1. The molecule has 2 heterocycles. The number of likely N-dealkylation sites (tertiary alicyclic amines) is 1. The second-order valence-electron chi connectivity index (χ2n) is 7.02. The molecule has 1 amide bonds. The molecule has 4 nitrogen and oxygen atoms in total. The van der Waals surface area contributed by atoms with Crippen molar-refractivity contribution in [1.29, 1.82) is 0 Å². The largest absolute Gasteiger partial charge is 0.341 e. The Morgan fingerprint density at radius 2 is 1.92 bits per heavy atom. The Balaban J connectivity index is 1.44. The normalized spacial score (nSPS) is 23.0. The number of piperazine rings is 1. The Kier molecular flexibility index (Phi) is 5.89. The van der Waals surface area contributed by atoms with Crippen LogP contribution in [0.4, 0.5) is 4.39 Å². The summed E-state index contributed by atoms with van der Waals surface area (Å²) in [6.07, 6.45) is 1.12. The molecule has 2 fully saturated rings. The van der Waals surface area contributed by atoms with Gasteiger partial charge in [0.1, 0.15) is 5.82 Å². The minimum atomic E-state index is -0.162. The van der Waals surface area contributed by atoms with Crippen LogP contribution in [0.15, 0.2) is 22.7 Å². The molecule has 1 atom stereocenters. The van der Waals surface area contributed by atoms with Crippen molar-refractivity contribution >= 4 is 21.8 Å². The van der Waals surface area contributed by atoms with Gasteiger partial charge in [-0.05, 0) is 24.5 Å². The predicted molar refractivity (Wildman–Crippen MR) is 96.2 cm³/mol. The average molecular weight is 398 g/mol. The van der Waals surface area contributed by atoms with Crippen molar-refractivity contribution in [2.45, 2.75) is 19.9 Å². The lowest BCUT2D eigenvalue weighted by molar-refractivity contribution is -0.131. The first-order chi connectivity index (χ1) is 11.5. The molecule has 132 valence electrons. The van der Waals surface area contributed by atoms with Gasteiger partial charge >= 0.3 is 0 Å². The summed E-state index contributed by atoms with van der Waals surface area (Å²) in [5.74, 6) is 0.725. The lowest BCUT2D eigenvalue weighted by Gasteiger charge is -2.35. The van der Waals surface area contributed by atoms with E-state index in [1.165, 1.54) is 6.07 Å². The lowest BCUT2D eigenvalue weighted by atomic mass is 10.2. The summed E-state index contributed by atoms with van der Waals surface area (Å²) >= 11 is 3.29. The van der Waals surface area contributed by atoms with Gasteiger partial charge in [-0.15, -0.1) is 0 Å². The fourth-order valence-corrected chi connectivity index (χ4v) is 3.78. The Morgan fingerprint density at radius 3 is 2.54 bits per heavy atom. The minimum absolute atomic E-state index is 0.162. The van der Waals surface area contributed by atoms with Gasteiger partial charge in [0, 0.05) is 55.8 Å². The molecule has 0 N–H and O–H groups in total. The number of hydrogen-bond donors (Lipinski definition) is 0. The minimum Gasteiger partial charge on any atom is -0.341 e. The van der Waals surface area contributed by atoms with Crippen LogP contribution in [0.1, 0.15) is 18.9 Å². The Hall–Kier alpha value is -0.980. The van der Waals surface area contributed by atoms with Crippen molar-refractivity contribution in [3.63, 3.8) is 0 Å². The van der Waals surface area contributed by atoms with E-state index >= 15 is 0 Å². The predicted octanol–water partition coefficient (Wildman–Crippen LogP) is 2.57. The molecule has 1 unspecified atom stereocenters. The topological polar surface area (TPSA) is 26.8 Å². The average Bonchev–Trinajstić information content (AvgIpc) is 2.98. The van der Waals surface area contributed by atoms with Gasteiger partial charge < -0.3 is 4.90 Å². The first-order valence-electron chi connectivity index (χ1n) is 8.67. The molecule has 24 heavy (non-hydrogen) atoms. The van der Waals surface area contributed by atoms with Crippen molar-refractivity contribution in [3.8, 4) is 0 Å². The summed E-state index contributed by atoms with van der Waals surface area (Å²) in [5.41, 5.74) is 0.730. The van der Waals surface area contributed by atoms with Crippen molar-refractivity contribution < 1.29 is 9.18 Å². The second kappa shape index (κ2) is 7.93. The van der Waals surface area contributed by atoms with Crippen molar-refractivity contribution in [2.24, 2.45) is 5.92 Å². The summed E-state index contributed by atoms with van der Waals surface area (Å²) < 4.78 is 14.7. The number of carbonyl (C=O) groups is 1. The molecule has 0 saturated carbocycles. The van der Waals surface area contributed by atoms with Crippen LogP contribution in [-0.2, 0) is 11.3 Å². The molecule has 2 saturated heterocycles. The maximum absolute atomic E-state index is 13.9. The molecule has 1 aromatic rings. The molecule has 0 bridgehead atoms. The highest BCUT2D eigenvalue weighted by Crippen LogP contribution is 2.18. The highest BCUT2D eigenvalue weighted by atomic mass is 79.9. The number of hydrogen-bond acceptors (Lipinski definition) is 3. The third-order valence-electron chi connectivity index (χ3n) is 5.01. The van der Waals surface area contributed by atoms with E-state index < -0.39 is 0 Å². The van der Waals surface area contributed by atoms with E-state index in [2.05, 4.69) is 32.7 Å². The summed E-state index contributed by atoms with van der Waals surface area (Å²) in [4.78, 5) is 18.8. The van der Waals surface area contributed by atoms with Crippen LogP contribution in [0.3, 0.4) is 0 Å². The molecule has 6 heteroatoms. The van der Waals surface area contributed by atoms with Crippen molar-refractivity contribution in [2.75, 3.05) is 45.8 Å². The maximum atomic E-state index is 13.9. The summed E-state index contributed by atoms with van der Waals surface area (Å²) in [7, 11) is 0. The van der Waals surface area contributed by atoms with Crippen molar-refractivity contribution in [1.82, 2.24) is 14.7 Å². The molecule has 0 radical (unpaired) electrons. The fraction of sp³-hybridized carbons (Fsp3) is 0.611.